The molecule has 1 fully saturated rings. The molecular formula is C16H20N2S. The Hall–Kier alpha value is -1.35. The first-order chi connectivity index (χ1) is 9.24. The van der Waals surface area contributed by atoms with E-state index in [0.29, 0.717) is 5.92 Å². The summed E-state index contributed by atoms with van der Waals surface area (Å²) in [5.41, 5.74) is 8.94. The van der Waals surface area contributed by atoms with Crippen molar-refractivity contribution in [3.8, 4) is 11.3 Å². The minimum Gasteiger partial charge on any atom is -0.398 e. The second-order valence-corrected chi connectivity index (χ2v) is 6.50. The molecule has 1 aliphatic carbocycles. The van der Waals surface area contributed by atoms with Gasteiger partial charge in [-0.1, -0.05) is 38.0 Å². The Kier molecular flexibility index (Phi) is 3.56. The number of nitrogens with zero attached hydrogens (tertiary/aromatic N) is 1. The fourth-order valence-electron chi connectivity index (χ4n) is 2.84. The smallest absolute Gasteiger partial charge is 0.0963 e. The highest BCUT2D eigenvalue weighted by Gasteiger charge is 2.22. The van der Waals surface area contributed by atoms with E-state index in [2.05, 4.69) is 18.4 Å². The molecule has 0 amide bonds. The standard InChI is InChI=1S/C16H20N2S/c1-11-6-8-12(9-7-11)16-18-15(10-19-16)13-4-2-3-5-14(13)17/h2-5,10-12H,6-9,17H2,1H3. The Balaban J connectivity index is 1.82. The molecule has 0 bridgehead atoms. The zero-order valence-corrected chi connectivity index (χ0v) is 12.1. The molecule has 2 nitrogen and oxygen atoms in total. The van der Waals surface area contributed by atoms with Gasteiger partial charge in [0.25, 0.3) is 0 Å². The second-order valence-electron chi connectivity index (χ2n) is 5.62. The minimum atomic E-state index is 0.667. The van der Waals surface area contributed by atoms with Crippen LogP contribution in [-0.4, -0.2) is 4.98 Å². The predicted octanol–water partition coefficient (Wildman–Crippen LogP) is 4.69. The Bertz CT molecular complexity index is 553. The summed E-state index contributed by atoms with van der Waals surface area (Å²) in [5, 5.41) is 3.45. The molecular weight excluding hydrogens is 252 g/mol. The quantitative estimate of drug-likeness (QED) is 0.806. The van der Waals surface area contributed by atoms with Gasteiger partial charge in [0.2, 0.25) is 0 Å². The molecule has 0 unspecified atom stereocenters. The van der Waals surface area contributed by atoms with Crippen LogP contribution in [0.2, 0.25) is 0 Å². The zero-order valence-electron chi connectivity index (χ0n) is 11.3. The lowest BCUT2D eigenvalue weighted by molar-refractivity contribution is 0.347. The van der Waals surface area contributed by atoms with Gasteiger partial charge in [-0.2, -0.15) is 0 Å². The molecule has 1 aliphatic rings. The van der Waals surface area contributed by atoms with Gasteiger partial charge in [-0.15, -0.1) is 11.3 Å². The van der Waals surface area contributed by atoms with E-state index in [1.165, 1.54) is 30.7 Å². The number of hydrogen-bond donors (Lipinski definition) is 1. The van der Waals surface area contributed by atoms with E-state index < -0.39 is 0 Å². The van der Waals surface area contributed by atoms with Gasteiger partial charge < -0.3 is 5.73 Å². The van der Waals surface area contributed by atoms with Gasteiger partial charge in [0, 0.05) is 22.5 Å². The van der Waals surface area contributed by atoms with E-state index in [-0.39, 0.29) is 0 Å². The van der Waals surface area contributed by atoms with E-state index in [9.17, 15) is 0 Å². The summed E-state index contributed by atoms with van der Waals surface area (Å²) in [6, 6.07) is 7.98. The summed E-state index contributed by atoms with van der Waals surface area (Å²) in [6.07, 6.45) is 5.26. The highest BCUT2D eigenvalue weighted by Crippen LogP contribution is 2.38. The Morgan fingerprint density at radius 3 is 2.63 bits per heavy atom. The summed E-state index contributed by atoms with van der Waals surface area (Å²) < 4.78 is 0. The maximum atomic E-state index is 6.02. The first-order valence-corrected chi connectivity index (χ1v) is 7.92. The monoisotopic (exact) mass is 272 g/mol. The number of anilines is 1. The van der Waals surface area contributed by atoms with Gasteiger partial charge in [0.1, 0.15) is 0 Å². The molecule has 1 heterocycles. The van der Waals surface area contributed by atoms with Gasteiger partial charge in [-0.05, 0) is 24.8 Å². The molecule has 19 heavy (non-hydrogen) atoms. The third kappa shape index (κ3) is 2.66. The topological polar surface area (TPSA) is 38.9 Å². The fraction of sp³-hybridized carbons (Fsp3) is 0.438. The maximum Gasteiger partial charge on any atom is 0.0963 e. The zero-order chi connectivity index (χ0) is 13.2. The lowest BCUT2D eigenvalue weighted by atomic mass is 9.83. The van der Waals surface area contributed by atoms with E-state index in [4.69, 9.17) is 10.7 Å². The van der Waals surface area contributed by atoms with E-state index in [1.54, 1.807) is 11.3 Å². The average molecular weight is 272 g/mol. The van der Waals surface area contributed by atoms with Crippen LogP contribution < -0.4 is 5.73 Å². The van der Waals surface area contributed by atoms with Crippen LogP contribution >= 0.6 is 11.3 Å². The molecule has 2 aromatic rings. The van der Waals surface area contributed by atoms with Crippen LogP contribution in [0.1, 0.15) is 43.5 Å². The van der Waals surface area contributed by atoms with E-state index >= 15 is 0 Å². The van der Waals surface area contributed by atoms with Gasteiger partial charge >= 0.3 is 0 Å². The number of rotatable bonds is 2. The molecule has 0 aliphatic heterocycles. The number of aromatic nitrogens is 1. The number of nitrogen functional groups attached to an aromatic ring is 1. The number of nitrogens with two attached hydrogens (primary N) is 1. The first kappa shape index (κ1) is 12.7. The first-order valence-electron chi connectivity index (χ1n) is 7.04. The molecule has 3 heteroatoms. The van der Waals surface area contributed by atoms with E-state index in [1.807, 2.05) is 18.2 Å². The van der Waals surface area contributed by atoms with Crippen LogP contribution in [0.3, 0.4) is 0 Å². The van der Waals surface area contributed by atoms with Crippen LogP contribution in [0, 0.1) is 5.92 Å². The molecule has 0 radical (unpaired) electrons. The molecule has 2 N–H and O–H groups in total. The molecule has 100 valence electrons. The lowest BCUT2D eigenvalue weighted by Crippen LogP contribution is -2.10. The predicted molar refractivity (Wildman–Crippen MR) is 82.3 cm³/mol. The molecule has 3 rings (SSSR count). The summed E-state index contributed by atoms with van der Waals surface area (Å²) in [5.74, 6) is 1.56. The van der Waals surface area contributed by atoms with Crippen molar-refractivity contribution < 1.29 is 0 Å². The molecule has 0 spiro atoms. The SMILES string of the molecule is CC1CCC(c2nc(-c3ccccc3N)cs2)CC1. The van der Waals surface area contributed by atoms with Crippen molar-refractivity contribution in [2.45, 2.75) is 38.5 Å². The van der Waals surface area contributed by atoms with Crippen LogP contribution in [0.4, 0.5) is 5.69 Å². The normalized spacial score (nSPS) is 23.4. The van der Waals surface area contributed by atoms with Crippen LogP contribution in [0.25, 0.3) is 11.3 Å². The summed E-state index contributed by atoms with van der Waals surface area (Å²) in [6.45, 7) is 2.36. The highest BCUT2D eigenvalue weighted by atomic mass is 32.1. The second kappa shape index (κ2) is 5.33. The van der Waals surface area contributed by atoms with Crippen molar-refractivity contribution in [2.24, 2.45) is 5.92 Å². The molecule has 1 aromatic carbocycles. The summed E-state index contributed by atoms with van der Waals surface area (Å²) in [7, 11) is 0. The fourth-order valence-corrected chi connectivity index (χ4v) is 3.83. The summed E-state index contributed by atoms with van der Waals surface area (Å²) in [4.78, 5) is 4.83. The lowest BCUT2D eigenvalue weighted by Gasteiger charge is -2.24. The van der Waals surface area contributed by atoms with Gasteiger partial charge in [-0.3, -0.25) is 0 Å². The summed E-state index contributed by atoms with van der Waals surface area (Å²) >= 11 is 1.79. The average Bonchev–Trinajstić information content (AvgIpc) is 2.89. The van der Waals surface area contributed by atoms with Crippen molar-refractivity contribution in [3.05, 3.63) is 34.7 Å². The molecule has 0 atom stereocenters. The number of benzene rings is 1. The Morgan fingerprint density at radius 2 is 1.89 bits per heavy atom. The Morgan fingerprint density at radius 1 is 1.16 bits per heavy atom. The molecule has 1 aromatic heterocycles. The van der Waals surface area contributed by atoms with Crippen LogP contribution in [-0.2, 0) is 0 Å². The van der Waals surface area contributed by atoms with Crippen molar-refractivity contribution in [1.29, 1.82) is 0 Å². The van der Waals surface area contributed by atoms with Gasteiger partial charge in [-0.25, -0.2) is 4.98 Å². The third-order valence-corrected chi connectivity index (χ3v) is 5.13. The number of para-hydroxylation sites is 1. The van der Waals surface area contributed by atoms with Gasteiger partial charge in [0.15, 0.2) is 0 Å². The minimum absolute atomic E-state index is 0.667. The van der Waals surface area contributed by atoms with Crippen molar-refractivity contribution in [2.75, 3.05) is 5.73 Å². The Labute approximate surface area is 118 Å². The van der Waals surface area contributed by atoms with Crippen LogP contribution in [0.15, 0.2) is 29.6 Å². The molecule has 0 saturated heterocycles. The van der Waals surface area contributed by atoms with E-state index in [0.717, 1.165) is 22.9 Å². The third-order valence-electron chi connectivity index (χ3n) is 4.12. The number of thiazole rings is 1. The largest absolute Gasteiger partial charge is 0.398 e. The maximum absolute atomic E-state index is 6.02. The van der Waals surface area contributed by atoms with Gasteiger partial charge in [0.05, 0.1) is 10.7 Å². The van der Waals surface area contributed by atoms with Crippen molar-refractivity contribution in [3.63, 3.8) is 0 Å². The van der Waals surface area contributed by atoms with Crippen molar-refractivity contribution >= 4 is 17.0 Å². The van der Waals surface area contributed by atoms with Crippen LogP contribution in [0.5, 0.6) is 0 Å². The molecule has 1 saturated carbocycles. The highest BCUT2D eigenvalue weighted by molar-refractivity contribution is 7.10. The van der Waals surface area contributed by atoms with Crippen molar-refractivity contribution in [1.82, 2.24) is 4.98 Å². The number of hydrogen-bond acceptors (Lipinski definition) is 3.